The van der Waals surface area contributed by atoms with Crippen LogP contribution < -0.4 is 0 Å². The number of carbonyl (C=O) groups is 3. The molecule has 0 aliphatic carbocycles. The van der Waals surface area contributed by atoms with Gasteiger partial charge in [0.1, 0.15) is 6.54 Å². The zero-order chi connectivity index (χ0) is 18.5. The van der Waals surface area contributed by atoms with Gasteiger partial charge in [-0.2, -0.15) is 0 Å². The molecule has 0 aromatic heterocycles. The van der Waals surface area contributed by atoms with Gasteiger partial charge in [-0.3, -0.25) is 19.3 Å². The summed E-state index contributed by atoms with van der Waals surface area (Å²) in [7, 11) is 0. The molecule has 2 heterocycles. The molecule has 2 saturated heterocycles. The molecule has 3 amide bonds. The number of hydrogen-bond donors (Lipinski definition) is 0. The SMILES string of the molecule is CC(=C/c1ccccc1)/C=C1\SC(=O)N(CC(=O)N2CCOCC2)C1=O. The van der Waals surface area contributed by atoms with E-state index in [1.165, 1.54) is 0 Å². The first-order chi connectivity index (χ1) is 12.5. The number of nitrogens with zero attached hydrogens (tertiary/aromatic N) is 2. The molecule has 136 valence electrons. The number of benzene rings is 1. The van der Waals surface area contributed by atoms with E-state index in [1.54, 1.807) is 11.0 Å². The Morgan fingerprint density at radius 3 is 2.58 bits per heavy atom. The molecule has 6 nitrogen and oxygen atoms in total. The number of allylic oxidation sites excluding steroid dienone is 2. The minimum atomic E-state index is -0.414. The zero-order valence-corrected chi connectivity index (χ0v) is 15.3. The zero-order valence-electron chi connectivity index (χ0n) is 14.5. The summed E-state index contributed by atoms with van der Waals surface area (Å²) < 4.78 is 5.21. The molecule has 0 unspecified atom stereocenters. The molecule has 0 atom stereocenters. The molecule has 0 N–H and O–H groups in total. The summed E-state index contributed by atoms with van der Waals surface area (Å²) >= 11 is 0.872. The third-order valence-corrected chi connectivity index (χ3v) is 4.99. The second kappa shape index (κ2) is 8.33. The molecule has 1 aromatic carbocycles. The van der Waals surface area contributed by atoms with E-state index in [4.69, 9.17) is 4.74 Å². The van der Waals surface area contributed by atoms with Gasteiger partial charge in [0, 0.05) is 13.1 Å². The van der Waals surface area contributed by atoms with Crippen molar-refractivity contribution >= 4 is 34.9 Å². The maximum Gasteiger partial charge on any atom is 0.294 e. The Kier molecular flexibility index (Phi) is 5.90. The largest absolute Gasteiger partial charge is 0.378 e. The standard InChI is InChI=1S/C19H20N2O4S/c1-14(11-15-5-3-2-4-6-15)12-16-18(23)21(19(24)26-16)13-17(22)20-7-9-25-10-8-20/h2-6,11-12H,7-10,13H2,1H3/b14-11-,16-12-. The molecule has 2 aliphatic heterocycles. The van der Waals surface area contributed by atoms with Gasteiger partial charge in [-0.15, -0.1) is 0 Å². The van der Waals surface area contributed by atoms with Crippen LogP contribution >= 0.6 is 11.8 Å². The number of carbonyl (C=O) groups excluding carboxylic acids is 3. The summed E-state index contributed by atoms with van der Waals surface area (Å²) in [6, 6.07) is 9.73. The van der Waals surface area contributed by atoms with E-state index in [0.29, 0.717) is 31.2 Å². The lowest BCUT2D eigenvalue weighted by atomic mass is 10.1. The van der Waals surface area contributed by atoms with Crippen LogP contribution in [0.25, 0.3) is 6.08 Å². The molecule has 0 radical (unpaired) electrons. The third-order valence-electron chi connectivity index (χ3n) is 4.08. The molecular weight excluding hydrogens is 352 g/mol. The van der Waals surface area contributed by atoms with Crippen molar-refractivity contribution in [3.8, 4) is 0 Å². The Morgan fingerprint density at radius 1 is 1.19 bits per heavy atom. The predicted molar refractivity (Wildman–Crippen MR) is 100 cm³/mol. The second-order valence-corrected chi connectivity index (χ2v) is 7.05. The van der Waals surface area contributed by atoms with Crippen LogP contribution in [0.1, 0.15) is 12.5 Å². The monoisotopic (exact) mass is 372 g/mol. The summed E-state index contributed by atoms with van der Waals surface area (Å²) in [5.41, 5.74) is 1.88. The molecule has 0 bridgehead atoms. The van der Waals surface area contributed by atoms with Crippen molar-refractivity contribution in [2.45, 2.75) is 6.92 Å². The van der Waals surface area contributed by atoms with E-state index in [-0.39, 0.29) is 12.5 Å². The molecular formula is C19H20N2O4S. The van der Waals surface area contributed by atoms with Crippen LogP contribution in [0.15, 0.2) is 46.9 Å². The topological polar surface area (TPSA) is 66.9 Å². The minimum Gasteiger partial charge on any atom is -0.378 e. The quantitative estimate of drug-likeness (QED) is 0.760. The number of hydrogen-bond acceptors (Lipinski definition) is 5. The van der Waals surface area contributed by atoms with E-state index >= 15 is 0 Å². The first-order valence-electron chi connectivity index (χ1n) is 8.39. The number of imide groups is 1. The van der Waals surface area contributed by atoms with Gasteiger partial charge < -0.3 is 9.64 Å². The van der Waals surface area contributed by atoms with Crippen LogP contribution in [0.5, 0.6) is 0 Å². The Labute approximate surface area is 156 Å². The second-order valence-electron chi connectivity index (χ2n) is 6.06. The van der Waals surface area contributed by atoms with Gasteiger partial charge in [-0.1, -0.05) is 36.4 Å². The Bertz CT molecular complexity index is 767. The van der Waals surface area contributed by atoms with Crippen molar-refractivity contribution in [3.63, 3.8) is 0 Å². The summed E-state index contributed by atoms with van der Waals surface area (Å²) in [6.45, 7) is 3.60. The highest BCUT2D eigenvalue weighted by molar-refractivity contribution is 8.18. The van der Waals surface area contributed by atoms with Crippen LogP contribution in [0, 0.1) is 0 Å². The fourth-order valence-corrected chi connectivity index (χ4v) is 3.63. The highest BCUT2D eigenvalue weighted by atomic mass is 32.2. The molecule has 2 fully saturated rings. The summed E-state index contributed by atoms with van der Waals surface area (Å²) in [5, 5.41) is -0.407. The van der Waals surface area contributed by atoms with Crippen LogP contribution in [-0.4, -0.2) is 59.7 Å². The Hall–Kier alpha value is -2.38. The number of amides is 3. The lowest BCUT2D eigenvalue weighted by molar-refractivity contribution is -0.139. The molecule has 3 rings (SSSR count). The summed E-state index contributed by atoms with van der Waals surface area (Å²) in [6.07, 6.45) is 3.63. The van der Waals surface area contributed by atoms with Gasteiger partial charge >= 0.3 is 0 Å². The highest BCUT2D eigenvalue weighted by Crippen LogP contribution is 2.31. The Morgan fingerprint density at radius 2 is 1.88 bits per heavy atom. The van der Waals surface area contributed by atoms with E-state index in [1.807, 2.05) is 43.3 Å². The van der Waals surface area contributed by atoms with Crippen LogP contribution in [0.4, 0.5) is 4.79 Å². The minimum absolute atomic E-state index is 0.219. The van der Waals surface area contributed by atoms with Crippen molar-refractivity contribution in [1.29, 1.82) is 0 Å². The average Bonchev–Trinajstić information content (AvgIpc) is 2.90. The first kappa shape index (κ1) is 18.4. The van der Waals surface area contributed by atoms with E-state index in [9.17, 15) is 14.4 Å². The van der Waals surface area contributed by atoms with Gasteiger partial charge in [-0.25, -0.2) is 0 Å². The molecule has 1 aromatic rings. The maximum absolute atomic E-state index is 12.5. The Balaban J connectivity index is 1.68. The number of thioether (sulfide) groups is 1. The first-order valence-corrected chi connectivity index (χ1v) is 9.20. The maximum atomic E-state index is 12.5. The molecule has 2 aliphatic rings. The third kappa shape index (κ3) is 4.42. The van der Waals surface area contributed by atoms with Crippen LogP contribution in [-0.2, 0) is 14.3 Å². The fourth-order valence-electron chi connectivity index (χ4n) is 2.74. The number of ether oxygens (including phenoxy) is 1. The molecule has 0 saturated carbocycles. The smallest absolute Gasteiger partial charge is 0.294 e. The van der Waals surface area contributed by atoms with Crippen molar-refractivity contribution in [3.05, 3.63) is 52.4 Å². The molecule has 26 heavy (non-hydrogen) atoms. The highest BCUT2D eigenvalue weighted by Gasteiger charge is 2.37. The van der Waals surface area contributed by atoms with Crippen molar-refractivity contribution in [2.75, 3.05) is 32.8 Å². The molecule has 7 heteroatoms. The van der Waals surface area contributed by atoms with Crippen molar-refractivity contribution in [2.24, 2.45) is 0 Å². The van der Waals surface area contributed by atoms with Gasteiger partial charge in [0.25, 0.3) is 11.1 Å². The summed E-state index contributed by atoms with van der Waals surface area (Å²) in [4.78, 5) is 40.0. The molecule has 0 spiro atoms. The van der Waals surface area contributed by atoms with Crippen LogP contribution in [0.2, 0.25) is 0 Å². The number of rotatable bonds is 4. The van der Waals surface area contributed by atoms with Gasteiger partial charge in [0.15, 0.2) is 0 Å². The number of morpholine rings is 1. The summed E-state index contributed by atoms with van der Waals surface area (Å²) in [5.74, 6) is -0.643. The lowest BCUT2D eigenvalue weighted by Gasteiger charge is -2.28. The lowest BCUT2D eigenvalue weighted by Crippen LogP contribution is -2.46. The van der Waals surface area contributed by atoms with Crippen LogP contribution in [0.3, 0.4) is 0 Å². The van der Waals surface area contributed by atoms with E-state index < -0.39 is 11.1 Å². The van der Waals surface area contributed by atoms with E-state index in [0.717, 1.165) is 27.8 Å². The van der Waals surface area contributed by atoms with Gasteiger partial charge in [0.2, 0.25) is 5.91 Å². The van der Waals surface area contributed by atoms with Gasteiger partial charge in [0.05, 0.1) is 18.1 Å². The average molecular weight is 372 g/mol. The van der Waals surface area contributed by atoms with Gasteiger partial charge in [-0.05, 0) is 35.9 Å². The fraction of sp³-hybridized carbons (Fsp3) is 0.316. The van der Waals surface area contributed by atoms with Crippen molar-refractivity contribution < 1.29 is 19.1 Å². The predicted octanol–water partition coefficient (Wildman–Crippen LogP) is 2.53. The van der Waals surface area contributed by atoms with E-state index in [2.05, 4.69) is 0 Å². The van der Waals surface area contributed by atoms with Crippen molar-refractivity contribution in [1.82, 2.24) is 9.80 Å². The normalized spacial score (nSPS) is 20.2.